The fourth-order valence-electron chi connectivity index (χ4n) is 2.55. The van der Waals surface area contributed by atoms with Crippen molar-refractivity contribution in [1.29, 1.82) is 0 Å². The number of nitrogens with zero attached hydrogens (tertiary/aromatic N) is 4. The smallest absolute Gasteiger partial charge is 0.184 e. The monoisotopic (exact) mass is 438 g/mol. The molecule has 2 aromatic carbocycles. The lowest BCUT2D eigenvalue weighted by atomic mass is 9.83. The van der Waals surface area contributed by atoms with Crippen molar-refractivity contribution in [3.05, 3.63) is 74.9 Å². The van der Waals surface area contributed by atoms with Crippen LogP contribution in [-0.4, -0.2) is 20.2 Å². The summed E-state index contributed by atoms with van der Waals surface area (Å²) in [4.78, 5) is 1.30. The summed E-state index contributed by atoms with van der Waals surface area (Å²) in [6, 6.07) is 13.7. The van der Waals surface area contributed by atoms with Gasteiger partial charge in [-0.25, -0.2) is 4.39 Å². The number of alkyl halides is 1. The minimum Gasteiger partial charge on any atom is -0.231 e. The van der Waals surface area contributed by atoms with Crippen molar-refractivity contribution in [1.82, 2.24) is 20.2 Å². The molecule has 0 amide bonds. The summed E-state index contributed by atoms with van der Waals surface area (Å²) in [6.07, 6.45) is 1.31. The number of rotatable bonds is 4. The molecule has 0 bridgehead atoms. The van der Waals surface area contributed by atoms with Crippen LogP contribution in [0.4, 0.5) is 4.39 Å². The highest BCUT2D eigenvalue weighted by atomic mass is 79.9. The minimum absolute atomic E-state index is 0.535. The maximum absolute atomic E-state index is 16.3. The van der Waals surface area contributed by atoms with Gasteiger partial charge in [0.25, 0.3) is 0 Å². The van der Waals surface area contributed by atoms with Crippen molar-refractivity contribution in [3.63, 3.8) is 0 Å². The first-order chi connectivity index (χ1) is 11.0. The normalized spacial score (nSPS) is 13.0. The molecule has 0 saturated carbocycles. The van der Waals surface area contributed by atoms with E-state index in [0.717, 1.165) is 8.95 Å². The summed E-state index contributed by atoms with van der Waals surface area (Å²) in [6.45, 7) is 1.74. The molecule has 1 unspecified atom stereocenters. The molecule has 0 radical (unpaired) electrons. The predicted molar refractivity (Wildman–Crippen MR) is 92.7 cm³/mol. The lowest BCUT2D eigenvalue weighted by molar-refractivity contribution is 0.122. The van der Waals surface area contributed by atoms with Crippen molar-refractivity contribution in [2.45, 2.75) is 18.6 Å². The largest absolute Gasteiger partial charge is 0.231 e. The van der Waals surface area contributed by atoms with E-state index >= 15 is 4.39 Å². The van der Waals surface area contributed by atoms with Crippen molar-refractivity contribution in [3.8, 4) is 0 Å². The maximum Gasteiger partial charge on any atom is 0.184 e. The molecule has 4 nitrogen and oxygen atoms in total. The summed E-state index contributed by atoms with van der Waals surface area (Å²) in [5.41, 5.74) is -0.720. The fraction of sp³-hybridized carbons (Fsp3) is 0.188. The average molecular weight is 440 g/mol. The molecule has 3 rings (SSSR count). The second-order valence-corrected chi connectivity index (χ2v) is 6.99. The first kappa shape index (κ1) is 16.3. The Balaban J connectivity index is 2.16. The molecule has 118 valence electrons. The lowest BCUT2D eigenvalue weighted by Gasteiger charge is -2.31. The topological polar surface area (TPSA) is 43.6 Å². The van der Waals surface area contributed by atoms with E-state index in [9.17, 15) is 0 Å². The third-order valence-corrected chi connectivity index (χ3v) is 4.87. The third-order valence-electron chi connectivity index (χ3n) is 3.82. The molecule has 23 heavy (non-hydrogen) atoms. The van der Waals surface area contributed by atoms with Crippen molar-refractivity contribution in [2.75, 3.05) is 0 Å². The van der Waals surface area contributed by atoms with Gasteiger partial charge in [-0.1, -0.05) is 56.1 Å². The third kappa shape index (κ3) is 3.07. The van der Waals surface area contributed by atoms with Crippen LogP contribution in [0.1, 0.15) is 24.1 Å². The van der Waals surface area contributed by atoms with Crippen molar-refractivity contribution in [2.24, 2.45) is 0 Å². The van der Waals surface area contributed by atoms with Gasteiger partial charge in [-0.15, -0.1) is 10.2 Å². The Hall–Kier alpha value is -1.60. The molecular weight excluding hydrogens is 427 g/mol. The molecule has 1 atom stereocenters. The van der Waals surface area contributed by atoms with Gasteiger partial charge in [-0.05, 0) is 47.5 Å². The Kier molecular flexibility index (Phi) is 4.59. The standard InChI is InChI=1S/C16H13Br2FN4/c1-11(23-21-10-20-22-23)16(19,12-2-6-14(17)7-3-12)13-4-8-15(18)9-5-13/h2-11H,1H3. The summed E-state index contributed by atoms with van der Waals surface area (Å²) < 4.78 is 18.1. The molecular formula is C16H13Br2FN4. The highest BCUT2D eigenvalue weighted by Gasteiger charge is 2.42. The second-order valence-electron chi connectivity index (χ2n) is 5.16. The van der Waals surface area contributed by atoms with E-state index in [0.29, 0.717) is 11.1 Å². The van der Waals surface area contributed by atoms with E-state index in [4.69, 9.17) is 0 Å². The highest BCUT2D eigenvalue weighted by Crippen LogP contribution is 2.43. The van der Waals surface area contributed by atoms with Crippen LogP contribution in [0.15, 0.2) is 63.8 Å². The maximum atomic E-state index is 16.3. The number of tetrazole rings is 1. The van der Waals surface area contributed by atoms with Gasteiger partial charge in [0.2, 0.25) is 0 Å². The molecule has 0 saturated heterocycles. The number of halogens is 3. The molecule has 1 aromatic heterocycles. The van der Waals surface area contributed by atoms with Gasteiger partial charge in [0.05, 0.1) is 0 Å². The molecule has 7 heteroatoms. The van der Waals surface area contributed by atoms with Gasteiger partial charge >= 0.3 is 0 Å². The Labute approximate surface area is 150 Å². The van der Waals surface area contributed by atoms with E-state index in [-0.39, 0.29) is 0 Å². The number of aromatic nitrogens is 4. The number of benzene rings is 2. The summed E-state index contributed by atoms with van der Waals surface area (Å²) in [5.74, 6) is 0. The Morgan fingerprint density at radius 3 is 1.83 bits per heavy atom. The Morgan fingerprint density at radius 2 is 1.43 bits per heavy atom. The zero-order chi connectivity index (χ0) is 16.4. The van der Waals surface area contributed by atoms with Crippen LogP contribution < -0.4 is 0 Å². The van der Waals surface area contributed by atoms with Crippen molar-refractivity contribution < 1.29 is 4.39 Å². The van der Waals surface area contributed by atoms with Crippen LogP contribution in [0.25, 0.3) is 0 Å². The summed E-state index contributed by atoms with van der Waals surface area (Å²) >= 11 is 6.77. The summed E-state index contributed by atoms with van der Waals surface area (Å²) in [5, 5.41) is 11.6. The van der Waals surface area contributed by atoms with Crippen LogP contribution in [0.3, 0.4) is 0 Å². The molecule has 0 aliphatic rings. The predicted octanol–water partition coefficient (Wildman–Crippen LogP) is 4.67. The summed E-state index contributed by atoms with van der Waals surface area (Å²) in [7, 11) is 0. The van der Waals surface area contributed by atoms with Gasteiger partial charge < -0.3 is 0 Å². The molecule has 3 aromatic rings. The molecule has 0 spiro atoms. The van der Waals surface area contributed by atoms with Gasteiger partial charge in [0, 0.05) is 8.95 Å². The van der Waals surface area contributed by atoms with E-state index in [1.165, 1.54) is 11.1 Å². The zero-order valence-electron chi connectivity index (χ0n) is 12.2. The lowest BCUT2D eigenvalue weighted by Crippen LogP contribution is -2.33. The SMILES string of the molecule is CC(n1ncnn1)C(F)(c1ccc(Br)cc1)c1ccc(Br)cc1. The quantitative estimate of drug-likeness (QED) is 0.593. The van der Waals surface area contributed by atoms with Crippen LogP contribution in [0.5, 0.6) is 0 Å². The molecule has 0 aliphatic carbocycles. The van der Waals surface area contributed by atoms with E-state index in [1.807, 2.05) is 24.3 Å². The number of hydrogen-bond acceptors (Lipinski definition) is 3. The van der Waals surface area contributed by atoms with Crippen LogP contribution in [-0.2, 0) is 5.67 Å². The van der Waals surface area contributed by atoms with Gasteiger partial charge in [-0.3, -0.25) is 0 Å². The first-order valence-electron chi connectivity index (χ1n) is 6.95. The highest BCUT2D eigenvalue weighted by molar-refractivity contribution is 9.10. The van der Waals surface area contributed by atoms with Crippen molar-refractivity contribution >= 4 is 31.9 Å². The minimum atomic E-state index is -1.79. The molecule has 0 aliphatic heterocycles. The van der Waals surface area contributed by atoms with Gasteiger partial charge in [0.15, 0.2) is 12.0 Å². The van der Waals surface area contributed by atoms with Gasteiger partial charge in [-0.2, -0.15) is 4.80 Å². The van der Waals surface area contributed by atoms with E-state index in [1.54, 1.807) is 31.2 Å². The van der Waals surface area contributed by atoms with Crippen LogP contribution in [0, 0.1) is 0 Å². The second kappa shape index (κ2) is 6.49. The zero-order valence-corrected chi connectivity index (χ0v) is 15.4. The van der Waals surface area contributed by atoms with Gasteiger partial charge in [0.1, 0.15) is 6.04 Å². The Morgan fingerprint density at radius 1 is 0.957 bits per heavy atom. The van der Waals surface area contributed by atoms with Crippen LogP contribution >= 0.6 is 31.9 Å². The average Bonchev–Trinajstić information content (AvgIpc) is 3.09. The first-order valence-corrected chi connectivity index (χ1v) is 8.54. The molecule has 0 fully saturated rings. The van der Waals surface area contributed by atoms with E-state index < -0.39 is 11.7 Å². The Bertz CT molecular complexity index is 727. The number of hydrogen-bond donors (Lipinski definition) is 0. The fourth-order valence-corrected chi connectivity index (χ4v) is 3.07. The molecule has 1 heterocycles. The van der Waals surface area contributed by atoms with E-state index in [2.05, 4.69) is 47.3 Å². The van der Waals surface area contributed by atoms with Crippen LogP contribution in [0.2, 0.25) is 0 Å². The molecule has 0 N–H and O–H groups in total.